The number of aromatic nitrogens is 4. The Morgan fingerprint density at radius 2 is 1.96 bits per heavy atom. The Balaban J connectivity index is 1.52. The Labute approximate surface area is 156 Å². The lowest BCUT2D eigenvalue weighted by Gasteiger charge is -2.06. The molecule has 26 heavy (non-hydrogen) atoms. The average Bonchev–Trinajstić information content (AvgIpc) is 3.25. The topological polar surface area (TPSA) is 97.9 Å². The smallest absolute Gasteiger partial charge is 0.339 e. The van der Waals surface area contributed by atoms with E-state index in [2.05, 4.69) is 41.9 Å². The first kappa shape index (κ1) is 16.3. The Morgan fingerprint density at radius 3 is 2.73 bits per heavy atom. The van der Waals surface area contributed by atoms with Gasteiger partial charge in [-0.05, 0) is 34.1 Å². The molecule has 0 aliphatic heterocycles. The maximum Gasteiger partial charge on any atom is 0.340 e. The van der Waals surface area contributed by atoms with Gasteiger partial charge in [-0.2, -0.15) is 4.98 Å². The summed E-state index contributed by atoms with van der Waals surface area (Å²) in [4.78, 5) is 20.7. The van der Waals surface area contributed by atoms with Crippen LogP contribution in [0.4, 0.5) is 6.01 Å². The van der Waals surface area contributed by atoms with E-state index in [-0.39, 0.29) is 11.9 Å². The number of aryl methyl sites for hydroxylation is 1. The number of rotatable bonds is 4. The minimum Gasteiger partial charge on any atom is -0.339 e. The van der Waals surface area contributed by atoms with Gasteiger partial charge in [0.2, 0.25) is 5.82 Å². The van der Waals surface area contributed by atoms with Crippen LogP contribution in [0, 0.1) is 0 Å². The van der Waals surface area contributed by atoms with Crippen molar-refractivity contribution in [2.45, 2.75) is 0 Å². The van der Waals surface area contributed by atoms with Crippen LogP contribution in [0.3, 0.4) is 0 Å². The molecule has 0 aliphatic rings. The van der Waals surface area contributed by atoms with Crippen molar-refractivity contribution < 1.29 is 9.32 Å². The SMILES string of the molecule is Cn1c(C(=O)NNc2nc(-c3ccncc3)no2)c(Br)c2ccccc21. The molecule has 3 heterocycles. The summed E-state index contributed by atoms with van der Waals surface area (Å²) in [6.45, 7) is 0. The predicted molar refractivity (Wildman–Crippen MR) is 99.2 cm³/mol. The van der Waals surface area contributed by atoms with E-state index in [1.54, 1.807) is 24.5 Å². The van der Waals surface area contributed by atoms with Crippen LogP contribution in [-0.4, -0.2) is 25.6 Å². The molecule has 0 aliphatic carbocycles. The van der Waals surface area contributed by atoms with Crippen LogP contribution in [0.25, 0.3) is 22.3 Å². The number of para-hydroxylation sites is 1. The number of fused-ring (bicyclic) bond motifs is 1. The molecule has 9 heteroatoms. The molecule has 0 saturated carbocycles. The molecular formula is C17H13BrN6O2. The number of carbonyl (C=O) groups excluding carboxylic acids is 1. The summed E-state index contributed by atoms with van der Waals surface area (Å²) in [7, 11) is 1.83. The zero-order chi connectivity index (χ0) is 18.1. The number of hydrazine groups is 1. The number of anilines is 1. The molecule has 0 unspecified atom stereocenters. The minimum atomic E-state index is -0.334. The summed E-state index contributed by atoms with van der Waals surface area (Å²) >= 11 is 3.50. The fourth-order valence-electron chi connectivity index (χ4n) is 2.66. The number of benzene rings is 1. The third kappa shape index (κ3) is 2.82. The minimum absolute atomic E-state index is 0.0834. The van der Waals surface area contributed by atoms with Gasteiger partial charge in [0.05, 0.1) is 4.47 Å². The van der Waals surface area contributed by atoms with Gasteiger partial charge in [-0.15, -0.1) is 0 Å². The van der Waals surface area contributed by atoms with Crippen molar-refractivity contribution in [1.82, 2.24) is 25.1 Å². The van der Waals surface area contributed by atoms with Crippen molar-refractivity contribution in [3.05, 3.63) is 59.0 Å². The second-order valence-corrected chi connectivity index (χ2v) is 6.27. The van der Waals surface area contributed by atoms with Gasteiger partial charge in [0, 0.05) is 35.9 Å². The number of pyridine rings is 1. The van der Waals surface area contributed by atoms with Crippen LogP contribution in [0.1, 0.15) is 10.5 Å². The summed E-state index contributed by atoms with van der Waals surface area (Å²) in [5, 5.41) is 4.82. The standard InChI is InChI=1S/C17H13BrN6O2/c1-24-12-5-3-2-4-11(12)13(18)14(24)16(25)21-22-17-20-15(23-26-17)10-6-8-19-9-7-10/h2-9H,1H3,(H,21,25)(H,20,22,23). The molecular weight excluding hydrogens is 400 g/mol. The molecule has 8 nitrogen and oxygen atoms in total. The Hall–Kier alpha value is -3.20. The normalized spacial score (nSPS) is 10.8. The van der Waals surface area contributed by atoms with E-state index in [4.69, 9.17) is 4.52 Å². The molecule has 0 fully saturated rings. The van der Waals surface area contributed by atoms with E-state index < -0.39 is 0 Å². The van der Waals surface area contributed by atoms with Gasteiger partial charge in [-0.1, -0.05) is 23.4 Å². The number of halogens is 1. The predicted octanol–water partition coefficient (Wildman–Crippen LogP) is 3.14. The highest BCUT2D eigenvalue weighted by molar-refractivity contribution is 9.10. The Morgan fingerprint density at radius 1 is 1.19 bits per heavy atom. The van der Waals surface area contributed by atoms with E-state index in [1.807, 2.05) is 35.9 Å². The van der Waals surface area contributed by atoms with Crippen LogP contribution < -0.4 is 10.9 Å². The molecule has 4 aromatic rings. The van der Waals surface area contributed by atoms with E-state index in [0.717, 1.165) is 20.9 Å². The van der Waals surface area contributed by atoms with Crippen LogP contribution in [0.2, 0.25) is 0 Å². The highest BCUT2D eigenvalue weighted by Gasteiger charge is 2.19. The maximum atomic E-state index is 12.6. The van der Waals surface area contributed by atoms with Crippen LogP contribution in [-0.2, 0) is 7.05 Å². The summed E-state index contributed by atoms with van der Waals surface area (Å²) in [5.74, 6) is 0.0640. The highest BCUT2D eigenvalue weighted by Crippen LogP contribution is 2.30. The Kier molecular flexibility index (Phi) is 4.13. The van der Waals surface area contributed by atoms with Gasteiger partial charge in [0.1, 0.15) is 5.69 Å². The molecule has 0 bridgehead atoms. The maximum absolute atomic E-state index is 12.6. The average molecular weight is 413 g/mol. The molecule has 1 aromatic carbocycles. The van der Waals surface area contributed by atoms with Crippen LogP contribution in [0.5, 0.6) is 0 Å². The molecule has 0 atom stereocenters. The summed E-state index contributed by atoms with van der Waals surface area (Å²) in [6.07, 6.45) is 3.27. The monoisotopic (exact) mass is 412 g/mol. The van der Waals surface area contributed by atoms with E-state index in [0.29, 0.717) is 11.5 Å². The van der Waals surface area contributed by atoms with E-state index in [1.165, 1.54) is 0 Å². The number of nitrogens with one attached hydrogen (secondary N) is 2. The molecule has 0 radical (unpaired) electrons. The van der Waals surface area contributed by atoms with Crippen LogP contribution >= 0.6 is 15.9 Å². The van der Waals surface area contributed by atoms with Crippen molar-refractivity contribution in [2.24, 2.45) is 7.05 Å². The first-order valence-corrected chi connectivity index (χ1v) is 8.48. The number of nitrogens with zero attached hydrogens (tertiary/aromatic N) is 4. The van der Waals surface area contributed by atoms with Gasteiger partial charge >= 0.3 is 6.01 Å². The first-order valence-electron chi connectivity index (χ1n) is 7.68. The molecule has 2 N–H and O–H groups in total. The van der Waals surface area contributed by atoms with Gasteiger partial charge in [-0.3, -0.25) is 15.2 Å². The molecule has 4 rings (SSSR count). The second kappa shape index (κ2) is 6.60. The molecule has 1 amide bonds. The van der Waals surface area contributed by atoms with Crippen molar-refractivity contribution in [3.8, 4) is 11.4 Å². The van der Waals surface area contributed by atoms with Gasteiger partial charge in [0.25, 0.3) is 5.91 Å². The van der Waals surface area contributed by atoms with Gasteiger partial charge in [-0.25, -0.2) is 5.43 Å². The number of hydrogen-bond donors (Lipinski definition) is 2. The molecule has 3 aromatic heterocycles. The van der Waals surface area contributed by atoms with Crippen molar-refractivity contribution in [2.75, 3.05) is 5.43 Å². The quantitative estimate of drug-likeness (QED) is 0.499. The lowest BCUT2D eigenvalue weighted by molar-refractivity contribution is 0.0952. The molecule has 0 spiro atoms. The first-order chi connectivity index (χ1) is 12.6. The lowest BCUT2D eigenvalue weighted by Crippen LogP contribution is -2.31. The van der Waals surface area contributed by atoms with E-state index >= 15 is 0 Å². The molecule has 130 valence electrons. The Bertz CT molecular complexity index is 1050. The van der Waals surface area contributed by atoms with Gasteiger partial charge in [0.15, 0.2) is 0 Å². The second-order valence-electron chi connectivity index (χ2n) is 5.48. The van der Waals surface area contributed by atoms with Crippen molar-refractivity contribution >= 4 is 38.8 Å². The highest BCUT2D eigenvalue weighted by atomic mass is 79.9. The largest absolute Gasteiger partial charge is 0.340 e. The van der Waals surface area contributed by atoms with Crippen molar-refractivity contribution in [1.29, 1.82) is 0 Å². The van der Waals surface area contributed by atoms with E-state index in [9.17, 15) is 4.79 Å². The third-order valence-corrected chi connectivity index (χ3v) is 4.71. The third-order valence-electron chi connectivity index (χ3n) is 3.91. The zero-order valence-corrected chi connectivity index (χ0v) is 15.2. The van der Waals surface area contributed by atoms with Crippen LogP contribution in [0.15, 0.2) is 57.8 Å². The lowest BCUT2D eigenvalue weighted by atomic mass is 10.2. The van der Waals surface area contributed by atoms with Crippen molar-refractivity contribution in [3.63, 3.8) is 0 Å². The van der Waals surface area contributed by atoms with Gasteiger partial charge < -0.3 is 9.09 Å². The fourth-order valence-corrected chi connectivity index (χ4v) is 3.44. The number of hydrogen-bond acceptors (Lipinski definition) is 6. The number of carbonyl (C=O) groups is 1. The number of amides is 1. The summed E-state index contributed by atoms with van der Waals surface area (Å²) in [6, 6.07) is 11.4. The zero-order valence-electron chi connectivity index (χ0n) is 13.6. The summed E-state index contributed by atoms with van der Waals surface area (Å²) in [5.41, 5.74) is 7.41. The fraction of sp³-hybridized carbons (Fsp3) is 0.0588. The summed E-state index contributed by atoms with van der Waals surface area (Å²) < 4.78 is 7.63. The molecule has 0 saturated heterocycles.